The molecule has 0 saturated carbocycles. The first-order valence-corrected chi connectivity index (χ1v) is 8.50. The molecule has 27 heavy (non-hydrogen) atoms. The molecule has 6 heteroatoms. The fourth-order valence-corrected chi connectivity index (χ4v) is 2.80. The third-order valence-corrected chi connectivity index (χ3v) is 4.14. The van der Waals surface area contributed by atoms with Gasteiger partial charge < -0.3 is 14.2 Å². The summed E-state index contributed by atoms with van der Waals surface area (Å²) in [6.45, 7) is 1.95. The molecule has 1 aromatic heterocycles. The smallest absolute Gasteiger partial charge is 0.340 e. The molecule has 0 N–H and O–H groups in total. The molecule has 0 bridgehead atoms. The van der Waals surface area contributed by atoms with E-state index in [0.29, 0.717) is 11.4 Å². The molecule has 5 nitrogen and oxygen atoms in total. The van der Waals surface area contributed by atoms with Crippen molar-refractivity contribution in [3.63, 3.8) is 0 Å². The maximum absolute atomic E-state index is 14.5. The van der Waals surface area contributed by atoms with E-state index in [9.17, 15) is 14.0 Å². The van der Waals surface area contributed by atoms with Crippen LogP contribution in [0.25, 0.3) is 5.69 Å². The lowest BCUT2D eigenvalue weighted by atomic mass is 10.1. The lowest BCUT2D eigenvalue weighted by Gasteiger charge is -2.20. The summed E-state index contributed by atoms with van der Waals surface area (Å²) in [5.41, 5.74) is 1.21. The summed E-state index contributed by atoms with van der Waals surface area (Å²) in [5, 5.41) is 0. The van der Waals surface area contributed by atoms with E-state index in [2.05, 4.69) is 0 Å². The highest BCUT2D eigenvalue weighted by molar-refractivity contribution is 6.09. The van der Waals surface area contributed by atoms with E-state index in [1.54, 1.807) is 72.4 Å². The maximum atomic E-state index is 14.5. The van der Waals surface area contributed by atoms with Crippen molar-refractivity contribution in [1.29, 1.82) is 0 Å². The molecule has 3 aromatic rings. The number of hydrogen-bond acceptors (Lipinski definition) is 3. The van der Waals surface area contributed by atoms with Crippen LogP contribution < -0.4 is 4.90 Å². The summed E-state index contributed by atoms with van der Waals surface area (Å²) >= 11 is 0. The average molecular weight is 366 g/mol. The number of aromatic nitrogens is 1. The number of carbonyl (C=O) groups excluding carboxylic acids is 2. The Morgan fingerprint density at radius 3 is 2.44 bits per heavy atom. The third-order valence-electron chi connectivity index (χ3n) is 4.14. The van der Waals surface area contributed by atoms with Gasteiger partial charge in [0.1, 0.15) is 5.82 Å². The fourth-order valence-electron chi connectivity index (χ4n) is 2.80. The van der Waals surface area contributed by atoms with Gasteiger partial charge in [-0.05, 0) is 49.4 Å². The highest BCUT2D eigenvalue weighted by Crippen LogP contribution is 2.23. The minimum absolute atomic E-state index is 0.185. The van der Waals surface area contributed by atoms with Crippen LogP contribution in [0.1, 0.15) is 27.6 Å². The van der Waals surface area contributed by atoms with Crippen molar-refractivity contribution >= 4 is 17.6 Å². The zero-order valence-electron chi connectivity index (χ0n) is 15.1. The number of carbonyl (C=O) groups is 2. The number of anilines is 1. The molecule has 0 aliphatic heterocycles. The first kappa shape index (κ1) is 18.4. The van der Waals surface area contributed by atoms with Crippen LogP contribution in [-0.2, 0) is 4.74 Å². The van der Waals surface area contributed by atoms with Gasteiger partial charge in [0.05, 0.1) is 23.5 Å². The van der Waals surface area contributed by atoms with E-state index in [1.165, 1.54) is 18.0 Å². The fraction of sp³-hybridized carbons (Fsp3) is 0.143. The molecule has 0 fully saturated rings. The molecule has 2 aromatic carbocycles. The number of para-hydroxylation sites is 1. The second kappa shape index (κ2) is 7.86. The second-order valence-corrected chi connectivity index (χ2v) is 5.86. The standard InChI is InChI=1S/C21H19FN2O3/c1-3-27-21(26)16-8-4-5-9-18(16)23(2)20(25)15-10-11-19(17(22)14-15)24-12-6-7-13-24/h4-14H,3H2,1-2H3. The summed E-state index contributed by atoms with van der Waals surface area (Å²) < 4.78 is 21.2. The van der Waals surface area contributed by atoms with Crippen molar-refractivity contribution in [2.24, 2.45) is 0 Å². The number of esters is 1. The first-order valence-electron chi connectivity index (χ1n) is 8.50. The van der Waals surface area contributed by atoms with E-state index < -0.39 is 17.7 Å². The first-order chi connectivity index (χ1) is 13.0. The van der Waals surface area contributed by atoms with E-state index in [-0.39, 0.29) is 17.7 Å². The summed E-state index contributed by atoms with van der Waals surface area (Å²) in [7, 11) is 1.54. The molecule has 0 spiro atoms. The number of halogens is 1. The maximum Gasteiger partial charge on any atom is 0.340 e. The Hall–Kier alpha value is -3.41. The summed E-state index contributed by atoms with van der Waals surface area (Å²) in [6, 6.07) is 14.5. The molecule has 0 unspecified atom stereocenters. The van der Waals surface area contributed by atoms with Crippen LogP contribution in [0, 0.1) is 5.82 Å². The van der Waals surface area contributed by atoms with Gasteiger partial charge in [0.2, 0.25) is 0 Å². The lowest BCUT2D eigenvalue weighted by Crippen LogP contribution is -2.28. The number of nitrogens with zero attached hydrogens (tertiary/aromatic N) is 2. The number of amides is 1. The van der Waals surface area contributed by atoms with Crippen LogP contribution >= 0.6 is 0 Å². The monoisotopic (exact) mass is 366 g/mol. The van der Waals surface area contributed by atoms with E-state index in [4.69, 9.17) is 4.74 Å². The topological polar surface area (TPSA) is 51.5 Å². The van der Waals surface area contributed by atoms with Crippen molar-refractivity contribution in [2.75, 3.05) is 18.6 Å². The molecule has 0 saturated heterocycles. The van der Waals surface area contributed by atoms with Gasteiger partial charge in [0, 0.05) is 25.0 Å². The largest absolute Gasteiger partial charge is 0.462 e. The number of rotatable bonds is 5. The van der Waals surface area contributed by atoms with Crippen LogP contribution in [0.2, 0.25) is 0 Å². The molecule has 0 aliphatic rings. The molecule has 1 amide bonds. The van der Waals surface area contributed by atoms with Gasteiger partial charge in [0.15, 0.2) is 0 Å². The second-order valence-electron chi connectivity index (χ2n) is 5.86. The van der Waals surface area contributed by atoms with Crippen molar-refractivity contribution in [1.82, 2.24) is 4.57 Å². The van der Waals surface area contributed by atoms with Crippen molar-refractivity contribution in [2.45, 2.75) is 6.92 Å². The van der Waals surface area contributed by atoms with Crippen molar-refractivity contribution in [3.8, 4) is 5.69 Å². The normalized spacial score (nSPS) is 10.5. The Kier molecular flexibility index (Phi) is 5.35. The average Bonchev–Trinajstić information content (AvgIpc) is 3.21. The van der Waals surface area contributed by atoms with E-state index >= 15 is 0 Å². The molecule has 1 heterocycles. The van der Waals surface area contributed by atoms with Gasteiger partial charge in [-0.15, -0.1) is 0 Å². The van der Waals surface area contributed by atoms with Gasteiger partial charge in [-0.25, -0.2) is 9.18 Å². The Morgan fingerprint density at radius 2 is 1.78 bits per heavy atom. The van der Waals surface area contributed by atoms with Gasteiger partial charge in [-0.2, -0.15) is 0 Å². The Morgan fingerprint density at radius 1 is 1.07 bits per heavy atom. The molecular formula is C21H19FN2O3. The molecule has 138 valence electrons. The lowest BCUT2D eigenvalue weighted by molar-refractivity contribution is 0.0527. The van der Waals surface area contributed by atoms with E-state index in [1.807, 2.05) is 0 Å². The van der Waals surface area contributed by atoms with Gasteiger partial charge in [-0.3, -0.25) is 4.79 Å². The third kappa shape index (κ3) is 3.74. The summed E-state index contributed by atoms with van der Waals surface area (Å²) in [5.74, 6) is -1.45. The Balaban J connectivity index is 1.91. The molecule has 0 radical (unpaired) electrons. The van der Waals surface area contributed by atoms with E-state index in [0.717, 1.165) is 0 Å². The molecular weight excluding hydrogens is 347 g/mol. The zero-order valence-corrected chi connectivity index (χ0v) is 15.1. The molecule has 0 aliphatic carbocycles. The minimum Gasteiger partial charge on any atom is -0.462 e. The minimum atomic E-state index is -0.512. The Bertz CT molecular complexity index is 967. The van der Waals surface area contributed by atoms with Crippen molar-refractivity contribution in [3.05, 3.63) is 83.9 Å². The Labute approximate surface area is 156 Å². The van der Waals surface area contributed by atoms with Gasteiger partial charge >= 0.3 is 5.97 Å². The quantitative estimate of drug-likeness (QED) is 0.640. The van der Waals surface area contributed by atoms with Crippen LogP contribution in [0.4, 0.5) is 10.1 Å². The summed E-state index contributed by atoms with van der Waals surface area (Å²) in [4.78, 5) is 26.3. The molecule has 0 atom stereocenters. The van der Waals surface area contributed by atoms with Crippen LogP contribution in [0.3, 0.4) is 0 Å². The highest BCUT2D eigenvalue weighted by Gasteiger charge is 2.21. The SMILES string of the molecule is CCOC(=O)c1ccccc1N(C)C(=O)c1ccc(-n2cccc2)c(F)c1. The van der Waals surface area contributed by atoms with Crippen LogP contribution in [-0.4, -0.2) is 30.1 Å². The van der Waals surface area contributed by atoms with Gasteiger partial charge in [-0.1, -0.05) is 12.1 Å². The van der Waals surface area contributed by atoms with Crippen LogP contribution in [0.5, 0.6) is 0 Å². The van der Waals surface area contributed by atoms with Crippen LogP contribution in [0.15, 0.2) is 67.0 Å². The van der Waals surface area contributed by atoms with Gasteiger partial charge in [0.25, 0.3) is 5.91 Å². The predicted molar refractivity (Wildman–Crippen MR) is 101 cm³/mol. The predicted octanol–water partition coefficient (Wildman–Crippen LogP) is 4.07. The zero-order chi connectivity index (χ0) is 19.4. The molecule has 3 rings (SSSR count). The highest BCUT2D eigenvalue weighted by atomic mass is 19.1. The number of benzene rings is 2. The number of hydrogen-bond donors (Lipinski definition) is 0. The van der Waals surface area contributed by atoms with Crippen molar-refractivity contribution < 1.29 is 18.7 Å². The number of ether oxygens (including phenoxy) is 1. The summed E-state index contributed by atoms with van der Waals surface area (Å²) in [6.07, 6.45) is 3.45.